The van der Waals surface area contributed by atoms with Gasteiger partial charge in [0.1, 0.15) is 5.69 Å². The van der Waals surface area contributed by atoms with Crippen molar-refractivity contribution < 1.29 is 4.79 Å². The van der Waals surface area contributed by atoms with Crippen molar-refractivity contribution in [3.8, 4) is 21.7 Å². The molecule has 2 aromatic heterocycles. The van der Waals surface area contributed by atoms with Gasteiger partial charge in [-0.25, -0.2) is 0 Å². The molecule has 1 amide bonds. The Morgan fingerprint density at radius 3 is 2.39 bits per heavy atom. The number of nitrogen functional groups attached to an aromatic ring is 1. The standard InChI is InChI=1S/C31H33N5OS/c32-26-8-7-25(29-2-1-11-38-29)15-27(26)33-30(37)24-5-3-23(4-6-24)28-19-36(35-34-28)10-9-31-16-20-12-21(17-31)14-22(13-20)18-31/h1-8,11,15,19-22H,9-10,12-14,16-18,32H2,(H,33,37). The van der Waals surface area contributed by atoms with Crippen molar-refractivity contribution in [2.45, 2.75) is 51.5 Å². The lowest BCUT2D eigenvalue weighted by Crippen LogP contribution is -2.46. The molecule has 2 heterocycles. The summed E-state index contributed by atoms with van der Waals surface area (Å²) in [5.74, 6) is 2.74. The molecule has 0 radical (unpaired) electrons. The van der Waals surface area contributed by atoms with Crippen LogP contribution < -0.4 is 11.1 Å². The van der Waals surface area contributed by atoms with E-state index in [1.165, 1.54) is 44.9 Å². The van der Waals surface area contributed by atoms with Gasteiger partial charge in [0.2, 0.25) is 0 Å². The molecular formula is C31H33N5OS. The van der Waals surface area contributed by atoms with Crippen LogP contribution in [0.5, 0.6) is 0 Å². The second-order valence-electron chi connectivity index (χ2n) is 11.8. The molecule has 6 nitrogen and oxygen atoms in total. The lowest BCUT2D eigenvalue weighted by atomic mass is 9.49. The van der Waals surface area contributed by atoms with E-state index in [0.29, 0.717) is 22.4 Å². The van der Waals surface area contributed by atoms with Gasteiger partial charge in [0.15, 0.2) is 0 Å². The summed E-state index contributed by atoms with van der Waals surface area (Å²) in [5.41, 5.74) is 11.3. The van der Waals surface area contributed by atoms with Crippen molar-refractivity contribution in [2.24, 2.45) is 23.2 Å². The number of nitrogens with zero attached hydrogens (tertiary/aromatic N) is 3. The number of hydrogen-bond acceptors (Lipinski definition) is 5. The van der Waals surface area contributed by atoms with Gasteiger partial charge < -0.3 is 11.1 Å². The molecule has 0 aliphatic heterocycles. The van der Waals surface area contributed by atoms with Crippen LogP contribution >= 0.6 is 11.3 Å². The molecule has 4 bridgehead atoms. The molecule has 4 fully saturated rings. The van der Waals surface area contributed by atoms with Crippen molar-refractivity contribution in [3.63, 3.8) is 0 Å². The first-order valence-electron chi connectivity index (χ1n) is 13.8. The van der Waals surface area contributed by atoms with Crippen LogP contribution in [-0.2, 0) is 6.54 Å². The Balaban J connectivity index is 1.00. The molecule has 4 saturated carbocycles. The van der Waals surface area contributed by atoms with Gasteiger partial charge in [-0.1, -0.05) is 29.5 Å². The number of nitrogens with two attached hydrogens (primary N) is 1. The summed E-state index contributed by atoms with van der Waals surface area (Å²) in [7, 11) is 0. The summed E-state index contributed by atoms with van der Waals surface area (Å²) in [5, 5.41) is 13.9. The van der Waals surface area contributed by atoms with E-state index >= 15 is 0 Å². The highest BCUT2D eigenvalue weighted by Gasteiger charge is 2.50. The molecule has 194 valence electrons. The Bertz CT molecular complexity index is 1420. The largest absolute Gasteiger partial charge is 0.397 e. The number of aromatic nitrogens is 3. The molecule has 3 N–H and O–H groups in total. The van der Waals surface area contributed by atoms with E-state index in [1.54, 1.807) is 11.3 Å². The number of benzene rings is 2. The van der Waals surface area contributed by atoms with E-state index in [9.17, 15) is 4.79 Å². The zero-order chi connectivity index (χ0) is 25.7. The van der Waals surface area contributed by atoms with Crippen LogP contribution in [0.15, 0.2) is 66.2 Å². The van der Waals surface area contributed by atoms with Crippen LogP contribution in [-0.4, -0.2) is 20.9 Å². The van der Waals surface area contributed by atoms with Gasteiger partial charge >= 0.3 is 0 Å². The number of hydrogen-bond donors (Lipinski definition) is 2. The molecule has 38 heavy (non-hydrogen) atoms. The molecule has 0 atom stereocenters. The average molecular weight is 524 g/mol. The van der Waals surface area contributed by atoms with Gasteiger partial charge in [0, 0.05) is 22.5 Å². The van der Waals surface area contributed by atoms with Gasteiger partial charge in [-0.2, -0.15) is 0 Å². The maximum absolute atomic E-state index is 13.0. The number of thiophene rings is 1. The second kappa shape index (κ2) is 9.38. The van der Waals surface area contributed by atoms with Crippen LogP contribution in [0.1, 0.15) is 55.3 Å². The molecular weight excluding hydrogens is 490 g/mol. The third-order valence-corrected chi connectivity index (χ3v) is 10.0. The Labute approximate surface area is 227 Å². The summed E-state index contributed by atoms with van der Waals surface area (Å²) in [6, 6.07) is 17.3. The van der Waals surface area contributed by atoms with Crippen molar-refractivity contribution in [2.75, 3.05) is 11.1 Å². The molecule has 4 aliphatic carbocycles. The third-order valence-electron chi connectivity index (χ3n) is 9.12. The van der Waals surface area contributed by atoms with Crippen LogP contribution in [0, 0.1) is 23.2 Å². The van der Waals surface area contributed by atoms with Gasteiger partial charge in [-0.05, 0) is 109 Å². The molecule has 0 unspecified atom stereocenters. The summed E-state index contributed by atoms with van der Waals surface area (Å²) in [6.07, 6.45) is 12.0. The van der Waals surface area contributed by atoms with E-state index in [2.05, 4.69) is 21.7 Å². The lowest BCUT2D eigenvalue weighted by molar-refractivity contribution is -0.0596. The first-order valence-corrected chi connectivity index (χ1v) is 14.7. The maximum atomic E-state index is 13.0. The molecule has 4 aliphatic rings. The van der Waals surface area contributed by atoms with Crippen LogP contribution in [0.25, 0.3) is 21.7 Å². The third kappa shape index (κ3) is 4.53. The van der Waals surface area contributed by atoms with Crippen molar-refractivity contribution >= 4 is 28.6 Å². The van der Waals surface area contributed by atoms with E-state index in [0.717, 1.165) is 46.0 Å². The minimum Gasteiger partial charge on any atom is -0.397 e. The summed E-state index contributed by atoms with van der Waals surface area (Å²) in [6.45, 7) is 0.936. The Hall–Kier alpha value is -3.45. The fourth-order valence-electron chi connectivity index (χ4n) is 7.74. The molecule has 0 spiro atoms. The van der Waals surface area contributed by atoms with Crippen LogP contribution in [0.3, 0.4) is 0 Å². The zero-order valence-corrected chi connectivity index (χ0v) is 22.3. The minimum absolute atomic E-state index is 0.189. The van der Waals surface area contributed by atoms with Gasteiger partial charge in [0.05, 0.1) is 17.6 Å². The van der Waals surface area contributed by atoms with E-state index in [1.807, 2.05) is 64.8 Å². The first-order chi connectivity index (χ1) is 18.5. The molecule has 7 heteroatoms. The molecule has 0 saturated heterocycles. The summed E-state index contributed by atoms with van der Waals surface area (Å²) < 4.78 is 2.01. The zero-order valence-electron chi connectivity index (χ0n) is 21.5. The normalized spacial score (nSPS) is 25.5. The first kappa shape index (κ1) is 23.7. The highest BCUT2D eigenvalue weighted by Crippen LogP contribution is 2.61. The highest BCUT2D eigenvalue weighted by atomic mass is 32.1. The monoisotopic (exact) mass is 523 g/mol. The van der Waals surface area contributed by atoms with Crippen molar-refractivity contribution in [3.05, 3.63) is 71.7 Å². The van der Waals surface area contributed by atoms with E-state index in [4.69, 9.17) is 5.73 Å². The fourth-order valence-corrected chi connectivity index (χ4v) is 8.46. The number of rotatable bonds is 7. The number of aryl methyl sites for hydroxylation is 1. The smallest absolute Gasteiger partial charge is 0.255 e. The fraction of sp³-hybridized carbons (Fsp3) is 0.387. The quantitative estimate of drug-likeness (QED) is 0.253. The van der Waals surface area contributed by atoms with Gasteiger partial charge in [-0.3, -0.25) is 9.48 Å². The van der Waals surface area contributed by atoms with Crippen LogP contribution in [0.2, 0.25) is 0 Å². The second-order valence-corrected chi connectivity index (χ2v) is 12.8. The molecule has 2 aromatic carbocycles. The van der Waals surface area contributed by atoms with Crippen molar-refractivity contribution in [1.82, 2.24) is 15.0 Å². The number of carbonyl (C=O) groups excluding carboxylic acids is 1. The number of anilines is 2. The summed E-state index contributed by atoms with van der Waals surface area (Å²) >= 11 is 1.66. The SMILES string of the molecule is Nc1ccc(-c2cccs2)cc1NC(=O)c1ccc(-c2cn(CCC34CC5CC(CC(C5)C3)C4)nn2)cc1. The minimum atomic E-state index is -0.189. The van der Waals surface area contributed by atoms with Gasteiger partial charge in [-0.15, -0.1) is 16.4 Å². The average Bonchev–Trinajstić information content (AvgIpc) is 3.61. The van der Waals surface area contributed by atoms with E-state index < -0.39 is 0 Å². The number of carbonyl (C=O) groups is 1. The highest BCUT2D eigenvalue weighted by molar-refractivity contribution is 7.13. The Morgan fingerprint density at radius 1 is 1.00 bits per heavy atom. The topological polar surface area (TPSA) is 85.8 Å². The van der Waals surface area contributed by atoms with Crippen molar-refractivity contribution in [1.29, 1.82) is 0 Å². The predicted molar refractivity (Wildman–Crippen MR) is 153 cm³/mol. The Kier molecular flexibility index (Phi) is 5.84. The summed E-state index contributed by atoms with van der Waals surface area (Å²) in [4.78, 5) is 14.1. The van der Waals surface area contributed by atoms with Gasteiger partial charge in [0.25, 0.3) is 5.91 Å². The molecule has 4 aromatic rings. The lowest BCUT2D eigenvalue weighted by Gasteiger charge is -2.57. The number of nitrogens with one attached hydrogen (secondary N) is 1. The Morgan fingerprint density at radius 2 is 1.71 bits per heavy atom. The maximum Gasteiger partial charge on any atom is 0.255 e. The van der Waals surface area contributed by atoms with E-state index in [-0.39, 0.29) is 5.91 Å². The van der Waals surface area contributed by atoms with Crippen LogP contribution in [0.4, 0.5) is 11.4 Å². The number of amides is 1. The predicted octanol–water partition coefficient (Wildman–Crippen LogP) is 7.11. The molecule has 8 rings (SSSR count).